The summed E-state index contributed by atoms with van der Waals surface area (Å²) < 4.78 is 22.4. The van der Waals surface area contributed by atoms with Crippen molar-refractivity contribution in [2.75, 3.05) is 12.5 Å². The number of fused-ring (bicyclic) bond motifs is 2. The Hall–Kier alpha value is -3.85. The molecule has 2 aromatic heterocycles. The van der Waals surface area contributed by atoms with Gasteiger partial charge >= 0.3 is 0 Å². The van der Waals surface area contributed by atoms with E-state index in [1.165, 1.54) is 18.8 Å². The van der Waals surface area contributed by atoms with Gasteiger partial charge in [-0.3, -0.25) is 0 Å². The zero-order chi connectivity index (χ0) is 23.9. The van der Waals surface area contributed by atoms with Crippen molar-refractivity contribution in [3.8, 4) is 11.3 Å². The van der Waals surface area contributed by atoms with E-state index in [1.807, 2.05) is 48.0 Å². The third-order valence-electron chi connectivity index (χ3n) is 6.92. The first-order chi connectivity index (χ1) is 17.1. The van der Waals surface area contributed by atoms with Crippen LogP contribution < -0.4 is 5.73 Å². The molecule has 35 heavy (non-hydrogen) atoms. The summed E-state index contributed by atoms with van der Waals surface area (Å²) >= 11 is 0. The van der Waals surface area contributed by atoms with Gasteiger partial charge in [0.1, 0.15) is 42.3 Å². The van der Waals surface area contributed by atoms with Crippen molar-refractivity contribution >= 4 is 28.4 Å². The van der Waals surface area contributed by atoms with Crippen LogP contribution in [0.5, 0.6) is 0 Å². The van der Waals surface area contributed by atoms with E-state index in [4.69, 9.17) is 20.6 Å². The summed E-state index contributed by atoms with van der Waals surface area (Å²) in [5, 5.41) is 5.68. The third kappa shape index (κ3) is 3.72. The van der Waals surface area contributed by atoms with Crippen LogP contribution in [0.4, 0.5) is 15.9 Å². The first-order valence-corrected chi connectivity index (χ1v) is 11.9. The number of halogens is 1. The maximum Gasteiger partial charge on any atom is 0.164 e. The van der Waals surface area contributed by atoms with Gasteiger partial charge < -0.3 is 15.4 Å². The van der Waals surface area contributed by atoms with E-state index in [-0.39, 0.29) is 18.5 Å². The van der Waals surface area contributed by atoms with Crippen LogP contribution in [0, 0.1) is 5.82 Å². The van der Waals surface area contributed by atoms with Crippen LogP contribution >= 0.6 is 0 Å². The van der Waals surface area contributed by atoms with Gasteiger partial charge in [-0.2, -0.15) is 5.10 Å². The van der Waals surface area contributed by atoms with Gasteiger partial charge in [0.05, 0.1) is 17.7 Å². The molecule has 2 aromatic carbocycles. The Morgan fingerprint density at radius 2 is 1.91 bits per heavy atom. The highest BCUT2D eigenvalue weighted by Crippen LogP contribution is 2.35. The Morgan fingerprint density at radius 1 is 1.09 bits per heavy atom. The molecule has 1 aliphatic carbocycles. The molecule has 2 aliphatic rings. The van der Waals surface area contributed by atoms with E-state index in [1.54, 1.807) is 6.07 Å². The first kappa shape index (κ1) is 21.7. The van der Waals surface area contributed by atoms with E-state index in [9.17, 15) is 4.39 Å². The van der Waals surface area contributed by atoms with Crippen LogP contribution in [0.15, 0.2) is 59.9 Å². The van der Waals surface area contributed by atoms with Gasteiger partial charge in [0.25, 0.3) is 0 Å². The number of anilines is 1. The van der Waals surface area contributed by atoms with Gasteiger partial charge in [0.15, 0.2) is 5.65 Å². The Balaban J connectivity index is 1.54. The maximum atomic E-state index is 14.6. The van der Waals surface area contributed by atoms with Crippen molar-refractivity contribution in [2.45, 2.75) is 44.9 Å². The van der Waals surface area contributed by atoms with E-state index >= 15 is 0 Å². The molecule has 1 unspecified atom stereocenters. The Kier molecular flexibility index (Phi) is 5.41. The summed E-state index contributed by atoms with van der Waals surface area (Å²) in [7, 11) is 0. The first-order valence-electron chi connectivity index (χ1n) is 11.9. The second kappa shape index (κ2) is 8.74. The Labute approximate surface area is 202 Å². The highest BCUT2D eigenvalue weighted by molar-refractivity contribution is 5.99. The summed E-state index contributed by atoms with van der Waals surface area (Å²) in [5.41, 5.74) is 9.62. The number of rotatable bonds is 4. The zero-order valence-corrected chi connectivity index (χ0v) is 19.4. The number of aromatic nitrogens is 4. The van der Waals surface area contributed by atoms with Gasteiger partial charge in [-0.15, -0.1) is 0 Å². The number of aliphatic imine (C=N–C) groups is 1. The molecular weight excluding hydrogens is 445 g/mol. The minimum absolute atomic E-state index is 0.184. The molecule has 3 heterocycles. The van der Waals surface area contributed by atoms with E-state index in [0.29, 0.717) is 40.9 Å². The molecule has 1 saturated carbocycles. The van der Waals surface area contributed by atoms with Crippen molar-refractivity contribution in [3.63, 3.8) is 0 Å². The SMILES string of the molecule is CC(C1=Nc2cccc(F)c2COCN1C1CCC1)n1nc(-c2ccccc2)c2c(N)ncnc21. The number of nitrogens with two attached hydrogens (primary N) is 1. The summed E-state index contributed by atoms with van der Waals surface area (Å²) in [6.45, 7) is 2.55. The summed E-state index contributed by atoms with van der Waals surface area (Å²) in [4.78, 5) is 16.0. The van der Waals surface area contributed by atoms with Gasteiger partial charge in [0.2, 0.25) is 0 Å². The van der Waals surface area contributed by atoms with Crippen molar-refractivity contribution in [1.29, 1.82) is 0 Å². The van der Waals surface area contributed by atoms with Crippen molar-refractivity contribution in [2.24, 2.45) is 4.99 Å². The van der Waals surface area contributed by atoms with Crippen molar-refractivity contribution in [3.05, 3.63) is 66.2 Å². The molecule has 8 nitrogen and oxygen atoms in total. The predicted molar refractivity (Wildman–Crippen MR) is 133 cm³/mol. The second-order valence-electron chi connectivity index (χ2n) is 9.03. The fourth-order valence-corrected chi connectivity index (χ4v) is 4.79. The van der Waals surface area contributed by atoms with Crippen LogP contribution in [0.1, 0.15) is 37.8 Å². The molecule has 2 N–H and O–H groups in total. The quantitative estimate of drug-likeness (QED) is 0.457. The monoisotopic (exact) mass is 471 g/mol. The number of hydrogen-bond acceptors (Lipinski definition) is 7. The van der Waals surface area contributed by atoms with Gasteiger partial charge in [-0.05, 0) is 38.3 Å². The molecule has 4 aromatic rings. The normalized spacial score (nSPS) is 17.3. The topological polar surface area (TPSA) is 94.5 Å². The molecule has 0 spiro atoms. The molecule has 0 amide bonds. The maximum absolute atomic E-state index is 14.6. The number of benzene rings is 2. The fraction of sp³-hybridized carbons (Fsp3) is 0.308. The molecule has 6 rings (SSSR count). The van der Waals surface area contributed by atoms with Crippen LogP contribution in [-0.2, 0) is 11.3 Å². The summed E-state index contributed by atoms with van der Waals surface area (Å²) in [6, 6.07) is 14.8. The number of nitrogen functional groups attached to an aromatic ring is 1. The lowest BCUT2D eigenvalue weighted by Crippen LogP contribution is -2.48. The highest BCUT2D eigenvalue weighted by atomic mass is 19.1. The van der Waals surface area contributed by atoms with E-state index in [0.717, 1.165) is 29.9 Å². The molecule has 0 bridgehead atoms. The average Bonchev–Trinajstić information content (AvgIpc) is 3.22. The van der Waals surface area contributed by atoms with Crippen LogP contribution in [0.25, 0.3) is 22.3 Å². The fourth-order valence-electron chi connectivity index (χ4n) is 4.79. The Morgan fingerprint density at radius 3 is 2.69 bits per heavy atom. The number of nitrogens with zero attached hydrogens (tertiary/aromatic N) is 6. The Bertz CT molecular complexity index is 1410. The third-order valence-corrected chi connectivity index (χ3v) is 6.92. The van der Waals surface area contributed by atoms with Crippen LogP contribution in [-0.4, -0.2) is 43.3 Å². The van der Waals surface area contributed by atoms with E-state index < -0.39 is 0 Å². The lowest BCUT2D eigenvalue weighted by Gasteiger charge is -2.41. The molecule has 1 fully saturated rings. The lowest BCUT2D eigenvalue weighted by molar-refractivity contribution is 0.0144. The van der Waals surface area contributed by atoms with E-state index in [2.05, 4.69) is 14.9 Å². The molecule has 0 radical (unpaired) electrons. The van der Waals surface area contributed by atoms with Crippen LogP contribution in [0.2, 0.25) is 0 Å². The zero-order valence-electron chi connectivity index (χ0n) is 19.4. The summed E-state index contributed by atoms with van der Waals surface area (Å²) in [6.07, 6.45) is 4.75. The van der Waals surface area contributed by atoms with Crippen molar-refractivity contribution < 1.29 is 9.13 Å². The second-order valence-corrected chi connectivity index (χ2v) is 9.03. The molecule has 178 valence electrons. The smallest absolute Gasteiger partial charge is 0.164 e. The highest BCUT2D eigenvalue weighted by Gasteiger charge is 2.33. The van der Waals surface area contributed by atoms with Gasteiger partial charge in [0, 0.05) is 17.2 Å². The van der Waals surface area contributed by atoms with Crippen LogP contribution in [0.3, 0.4) is 0 Å². The molecule has 0 saturated heterocycles. The van der Waals surface area contributed by atoms with Gasteiger partial charge in [-0.1, -0.05) is 36.4 Å². The minimum Gasteiger partial charge on any atom is -0.383 e. The van der Waals surface area contributed by atoms with Crippen molar-refractivity contribution in [1.82, 2.24) is 24.6 Å². The molecule has 1 aliphatic heterocycles. The average molecular weight is 472 g/mol. The largest absolute Gasteiger partial charge is 0.383 e. The number of amidine groups is 1. The predicted octanol–water partition coefficient (Wildman–Crippen LogP) is 4.85. The standard InChI is InChI=1S/C26H26FN7O/c1-16(34-26-22(24(28)29-14-30-26)23(32-34)17-7-3-2-4-8-17)25-31-21-12-6-11-20(27)19(21)13-35-15-33(25)18-9-5-10-18/h2-4,6-8,11-12,14,16,18H,5,9-10,13,15H2,1H3,(H2,28,29,30). The number of hydrogen-bond donors (Lipinski definition) is 1. The number of ether oxygens (including phenoxy) is 1. The minimum atomic E-state index is -0.317. The van der Waals surface area contributed by atoms with Gasteiger partial charge in [-0.25, -0.2) is 24.0 Å². The molecule has 9 heteroatoms. The molecular formula is C26H26FN7O. The molecule has 1 atom stereocenters. The lowest BCUT2D eigenvalue weighted by atomic mass is 9.91. The summed E-state index contributed by atoms with van der Waals surface area (Å²) in [5.74, 6) is 0.827.